The fourth-order valence-electron chi connectivity index (χ4n) is 3.80. The number of amides is 1. The second-order valence-electron chi connectivity index (χ2n) is 8.27. The van der Waals surface area contributed by atoms with Crippen molar-refractivity contribution in [2.75, 3.05) is 19.5 Å². The highest BCUT2D eigenvalue weighted by molar-refractivity contribution is 6.03. The van der Waals surface area contributed by atoms with E-state index in [1.165, 1.54) is 50.9 Å². The van der Waals surface area contributed by atoms with Crippen molar-refractivity contribution in [2.24, 2.45) is 0 Å². The molecule has 0 spiro atoms. The summed E-state index contributed by atoms with van der Waals surface area (Å²) in [6.45, 7) is 1.73. The highest BCUT2D eigenvalue weighted by Crippen LogP contribution is 2.35. The van der Waals surface area contributed by atoms with Crippen LogP contribution in [0.15, 0.2) is 67.0 Å². The molecule has 0 fully saturated rings. The minimum Gasteiger partial charge on any atom is -0.491 e. The molecule has 39 heavy (non-hydrogen) atoms. The van der Waals surface area contributed by atoms with Gasteiger partial charge in [-0.3, -0.25) is 14.8 Å². The van der Waals surface area contributed by atoms with Crippen molar-refractivity contribution >= 4 is 22.6 Å². The molecule has 0 aliphatic rings. The molecule has 3 aromatic heterocycles. The fourth-order valence-corrected chi connectivity index (χ4v) is 3.80. The number of nitrogens with one attached hydrogen (secondary N) is 1. The van der Waals surface area contributed by atoms with Crippen molar-refractivity contribution in [2.45, 2.75) is 6.92 Å². The Kier molecular flexibility index (Phi) is 6.96. The molecule has 1 amide bonds. The molecule has 0 aliphatic carbocycles. The summed E-state index contributed by atoms with van der Waals surface area (Å²) in [6.07, 6.45) is 2.82. The predicted molar refractivity (Wildman–Crippen MR) is 139 cm³/mol. The molecular formula is C28H21F2N5O4. The van der Waals surface area contributed by atoms with Crippen molar-refractivity contribution in [3.8, 4) is 34.4 Å². The van der Waals surface area contributed by atoms with Gasteiger partial charge in [-0.2, -0.15) is 0 Å². The first-order chi connectivity index (χ1) is 18.9. The second-order valence-corrected chi connectivity index (χ2v) is 8.27. The summed E-state index contributed by atoms with van der Waals surface area (Å²) in [5, 5.41) is 2.60. The van der Waals surface area contributed by atoms with Gasteiger partial charge in [0.05, 0.1) is 37.3 Å². The first-order valence-electron chi connectivity index (χ1n) is 11.6. The Morgan fingerprint density at radius 3 is 2.38 bits per heavy atom. The third kappa shape index (κ3) is 5.28. The van der Waals surface area contributed by atoms with E-state index in [9.17, 15) is 9.18 Å². The standard InChI is InChI=1S/C28H21F2N5O4/c1-15-25(16-4-6-17(29)7-5-16)34-21(14-32-15)27(36)33-18-8-9-22(19(30)12-18)39-23-10-11-31-20-13-24(37-2)28(38-3)35-26(20)23/h4-14H,1-3H3,(H,33,36). The molecule has 0 aliphatic heterocycles. The quantitative estimate of drug-likeness (QED) is 0.285. The molecule has 11 heteroatoms. The number of hydrogen-bond acceptors (Lipinski definition) is 8. The number of aryl methyl sites for hydroxylation is 1. The Labute approximate surface area is 221 Å². The first kappa shape index (κ1) is 25.5. The Morgan fingerprint density at radius 1 is 0.872 bits per heavy atom. The topological polar surface area (TPSA) is 108 Å². The lowest BCUT2D eigenvalue weighted by Crippen LogP contribution is -2.15. The van der Waals surface area contributed by atoms with Gasteiger partial charge in [0.15, 0.2) is 23.1 Å². The van der Waals surface area contributed by atoms with E-state index in [-0.39, 0.29) is 34.6 Å². The van der Waals surface area contributed by atoms with E-state index in [1.807, 2.05) is 0 Å². The molecule has 0 saturated heterocycles. The van der Waals surface area contributed by atoms with Gasteiger partial charge in [-0.05, 0) is 43.3 Å². The number of aromatic nitrogens is 4. The molecule has 3 heterocycles. The van der Waals surface area contributed by atoms with Gasteiger partial charge in [0.25, 0.3) is 11.8 Å². The number of nitrogens with zero attached hydrogens (tertiary/aromatic N) is 4. The summed E-state index contributed by atoms with van der Waals surface area (Å²) in [6, 6.07) is 12.9. The zero-order valence-electron chi connectivity index (χ0n) is 21.0. The van der Waals surface area contributed by atoms with Crippen LogP contribution in [0, 0.1) is 18.6 Å². The van der Waals surface area contributed by atoms with Crippen LogP contribution >= 0.6 is 0 Å². The number of fused-ring (bicyclic) bond motifs is 1. The van der Waals surface area contributed by atoms with Gasteiger partial charge < -0.3 is 19.5 Å². The van der Waals surface area contributed by atoms with E-state index in [1.54, 1.807) is 31.2 Å². The number of halogens is 2. The van der Waals surface area contributed by atoms with Crippen LogP contribution in [0.3, 0.4) is 0 Å². The van der Waals surface area contributed by atoms with Crippen LogP contribution in [-0.4, -0.2) is 40.1 Å². The summed E-state index contributed by atoms with van der Waals surface area (Å²) in [7, 11) is 2.93. The molecule has 5 rings (SSSR count). The van der Waals surface area contributed by atoms with Crippen LogP contribution in [0.4, 0.5) is 14.5 Å². The van der Waals surface area contributed by atoms with Gasteiger partial charge in [0.1, 0.15) is 17.0 Å². The first-order valence-corrected chi connectivity index (χ1v) is 11.6. The molecule has 0 unspecified atom stereocenters. The Balaban J connectivity index is 1.37. The van der Waals surface area contributed by atoms with E-state index in [2.05, 4.69) is 25.3 Å². The SMILES string of the molecule is COc1cc2nccc(Oc3ccc(NC(=O)c4cnc(C)c(-c5ccc(F)cc5)n4)cc3F)c2nc1OC. The Morgan fingerprint density at radius 2 is 1.67 bits per heavy atom. The maximum atomic E-state index is 15.0. The normalized spacial score (nSPS) is 10.8. The van der Waals surface area contributed by atoms with E-state index >= 15 is 4.39 Å². The van der Waals surface area contributed by atoms with Crippen molar-refractivity contribution in [1.29, 1.82) is 0 Å². The maximum absolute atomic E-state index is 15.0. The van der Waals surface area contributed by atoms with Gasteiger partial charge in [-0.15, -0.1) is 0 Å². The van der Waals surface area contributed by atoms with Gasteiger partial charge >= 0.3 is 0 Å². The number of ether oxygens (including phenoxy) is 3. The zero-order valence-corrected chi connectivity index (χ0v) is 21.0. The van der Waals surface area contributed by atoms with Crippen molar-refractivity contribution in [3.05, 3.63) is 90.0 Å². The molecule has 0 radical (unpaired) electrons. The van der Waals surface area contributed by atoms with Gasteiger partial charge in [0.2, 0.25) is 0 Å². The number of methoxy groups -OCH3 is 2. The molecule has 2 aromatic carbocycles. The zero-order chi connectivity index (χ0) is 27.5. The van der Waals surface area contributed by atoms with Crippen molar-refractivity contribution in [3.63, 3.8) is 0 Å². The molecule has 0 saturated carbocycles. The third-order valence-corrected chi connectivity index (χ3v) is 5.74. The van der Waals surface area contributed by atoms with E-state index < -0.39 is 11.7 Å². The molecule has 5 aromatic rings. The van der Waals surface area contributed by atoms with Crippen LogP contribution in [0.2, 0.25) is 0 Å². The van der Waals surface area contributed by atoms with Crippen LogP contribution < -0.4 is 19.5 Å². The smallest absolute Gasteiger partial charge is 0.275 e. The van der Waals surface area contributed by atoms with Crippen LogP contribution in [0.1, 0.15) is 16.2 Å². The number of hydrogen-bond donors (Lipinski definition) is 1. The monoisotopic (exact) mass is 529 g/mol. The van der Waals surface area contributed by atoms with Crippen molar-refractivity contribution in [1.82, 2.24) is 19.9 Å². The van der Waals surface area contributed by atoms with Crippen molar-refractivity contribution < 1.29 is 27.8 Å². The van der Waals surface area contributed by atoms with Gasteiger partial charge in [-0.1, -0.05) is 0 Å². The van der Waals surface area contributed by atoms with E-state index in [4.69, 9.17) is 14.2 Å². The van der Waals surface area contributed by atoms with Crippen LogP contribution in [0.25, 0.3) is 22.3 Å². The number of benzene rings is 2. The number of carbonyl (C=O) groups excluding carboxylic acids is 1. The second kappa shape index (κ2) is 10.7. The number of rotatable bonds is 7. The van der Waals surface area contributed by atoms with Crippen LogP contribution in [0.5, 0.6) is 23.1 Å². The summed E-state index contributed by atoms with van der Waals surface area (Å²) in [4.78, 5) is 30.1. The molecule has 0 atom stereocenters. The number of carbonyl (C=O) groups is 1. The average Bonchev–Trinajstić information content (AvgIpc) is 2.94. The van der Waals surface area contributed by atoms with Gasteiger partial charge in [-0.25, -0.2) is 18.7 Å². The summed E-state index contributed by atoms with van der Waals surface area (Å²) < 4.78 is 44.6. The molecule has 1 N–H and O–H groups in total. The molecule has 0 bridgehead atoms. The van der Waals surface area contributed by atoms with E-state index in [0.717, 1.165) is 6.07 Å². The summed E-state index contributed by atoms with van der Waals surface area (Å²) >= 11 is 0. The minimum absolute atomic E-state index is 0.0133. The number of anilines is 1. The summed E-state index contributed by atoms with van der Waals surface area (Å²) in [5.74, 6) is -0.927. The highest BCUT2D eigenvalue weighted by atomic mass is 19.1. The predicted octanol–water partition coefficient (Wildman–Crippen LogP) is 5.74. The Hall–Kier alpha value is -5.19. The van der Waals surface area contributed by atoms with Gasteiger partial charge in [0, 0.05) is 35.6 Å². The molecule has 9 nitrogen and oxygen atoms in total. The molecule has 196 valence electrons. The highest BCUT2D eigenvalue weighted by Gasteiger charge is 2.17. The minimum atomic E-state index is -0.722. The number of pyridine rings is 2. The molecular weight excluding hydrogens is 508 g/mol. The van der Waals surface area contributed by atoms with Crippen LogP contribution in [-0.2, 0) is 0 Å². The average molecular weight is 530 g/mol. The lowest BCUT2D eigenvalue weighted by molar-refractivity contribution is 0.102. The third-order valence-electron chi connectivity index (χ3n) is 5.74. The van der Waals surface area contributed by atoms with E-state index in [0.29, 0.717) is 33.7 Å². The lowest BCUT2D eigenvalue weighted by atomic mass is 10.1. The lowest BCUT2D eigenvalue weighted by Gasteiger charge is -2.12. The maximum Gasteiger partial charge on any atom is 0.275 e. The largest absolute Gasteiger partial charge is 0.491 e. The summed E-state index contributed by atoms with van der Waals surface area (Å²) in [5.41, 5.74) is 2.62. The fraction of sp³-hybridized carbons (Fsp3) is 0.107. The Bertz CT molecular complexity index is 1700.